The van der Waals surface area contributed by atoms with Gasteiger partial charge >= 0.3 is 20.1 Å². The van der Waals surface area contributed by atoms with Gasteiger partial charge in [-0.1, -0.05) is 43.7 Å². The Balaban J connectivity index is 0.000000707. The van der Waals surface area contributed by atoms with Crippen LogP contribution in [0, 0.1) is 34.4 Å². The number of ketones is 1. The summed E-state index contributed by atoms with van der Waals surface area (Å²) < 4.78 is 1.99. The fourth-order valence-corrected chi connectivity index (χ4v) is 2.83. The maximum atomic E-state index is 10.0. The molecule has 0 saturated carbocycles. The number of hydrogen-bond donors (Lipinski definition) is 1. The van der Waals surface area contributed by atoms with E-state index < -0.39 is 0 Å². The molecule has 3 nitrogen and oxygen atoms in total. The first-order chi connectivity index (χ1) is 12.3. The second-order valence-electron chi connectivity index (χ2n) is 6.36. The van der Waals surface area contributed by atoms with Crippen LogP contribution >= 0.6 is 0 Å². The van der Waals surface area contributed by atoms with Gasteiger partial charge < -0.3 is 17.1 Å². The molecule has 3 aromatic rings. The van der Waals surface area contributed by atoms with E-state index in [-0.39, 0.29) is 39.1 Å². The minimum absolute atomic E-state index is 0. The Morgan fingerprint density at radius 2 is 1.75 bits per heavy atom. The summed E-state index contributed by atoms with van der Waals surface area (Å²) in [6.07, 6.45) is 1.17. The Hall–Kier alpha value is -2.42. The van der Waals surface area contributed by atoms with Gasteiger partial charge in [0.25, 0.3) is 0 Å². The molecule has 0 spiro atoms. The summed E-state index contributed by atoms with van der Waals surface area (Å²) in [6.45, 7) is 7.03. The number of fused-ring (bicyclic) bond motifs is 1. The van der Waals surface area contributed by atoms with Crippen molar-refractivity contribution in [1.29, 1.82) is 0 Å². The maximum Gasteiger partial charge on any atom is 3.00 e. The number of aromatic nitrogens is 1. The summed E-state index contributed by atoms with van der Waals surface area (Å²) in [5, 5.41) is 9.56. The number of allylic oxidation sites excluding steroid dienone is 2. The van der Waals surface area contributed by atoms with Crippen molar-refractivity contribution in [2.24, 2.45) is 0 Å². The number of carbonyl (C=O) groups excluding carboxylic acids is 1. The van der Waals surface area contributed by atoms with Crippen LogP contribution in [0.2, 0.25) is 0 Å². The van der Waals surface area contributed by atoms with Crippen LogP contribution in [0.1, 0.15) is 25.0 Å². The molecule has 0 aliphatic carbocycles. The van der Waals surface area contributed by atoms with Crippen molar-refractivity contribution in [3.05, 3.63) is 92.0 Å². The summed E-state index contributed by atoms with van der Waals surface area (Å²) in [7, 11) is 4.18. The van der Waals surface area contributed by atoms with Gasteiger partial charge in [0, 0.05) is 13.1 Å². The Bertz CT molecular complexity index is 953. The van der Waals surface area contributed by atoms with Gasteiger partial charge in [0.05, 0.1) is 5.76 Å². The summed E-state index contributed by atoms with van der Waals surface area (Å²) in [5.41, 5.74) is 5.72. The second kappa shape index (κ2) is 11.4. The molecule has 0 bridgehead atoms. The molecule has 0 amide bonds. The standard InChI is InChI=1S/C18H16N.C5H8O2.CH3.Ir/c1-13-10-14(2)12-16(11-13)18-9-8-15-6-4-5-7-17(15)19(18)3;1-4(6)3-5(2)7;;/h4-11H,3H2,1-2H3;3,6H,1-2H3;1H3;/q-1;;-1;+3/b;4-3-;;. The normalized spacial score (nSPS) is 10.2. The number of aliphatic hydroxyl groups excluding tert-OH is 1. The van der Waals surface area contributed by atoms with Gasteiger partial charge in [0.15, 0.2) is 5.78 Å². The number of carbonyl (C=O) groups is 1. The monoisotopic (exact) mass is 554 g/mol. The first kappa shape index (κ1) is 25.6. The molecule has 28 heavy (non-hydrogen) atoms. The smallest absolute Gasteiger partial charge is 0.512 e. The van der Waals surface area contributed by atoms with Crippen LogP contribution in [0.15, 0.2) is 60.4 Å². The van der Waals surface area contributed by atoms with Crippen LogP contribution in [0.5, 0.6) is 0 Å². The second-order valence-corrected chi connectivity index (χ2v) is 6.36. The van der Waals surface area contributed by atoms with Gasteiger partial charge in [0.1, 0.15) is 11.2 Å². The summed E-state index contributed by atoms with van der Waals surface area (Å²) >= 11 is 0. The van der Waals surface area contributed by atoms with E-state index >= 15 is 0 Å². The molecule has 0 radical (unpaired) electrons. The van der Waals surface area contributed by atoms with Crippen molar-refractivity contribution in [1.82, 2.24) is 0 Å². The van der Waals surface area contributed by atoms with Crippen LogP contribution in [-0.2, 0) is 24.9 Å². The third kappa shape index (κ3) is 6.95. The molecule has 3 rings (SSSR count). The van der Waals surface area contributed by atoms with Crippen LogP contribution in [0.4, 0.5) is 0 Å². The first-order valence-electron chi connectivity index (χ1n) is 8.41. The topological polar surface area (TPSA) is 41.2 Å². The van der Waals surface area contributed by atoms with Gasteiger partial charge in [-0.2, -0.15) is 0 Å². The summed E-state index contributed by atoms with van der Waals surface area (Å²) in [5.74, 6) is -0.0625. The molecular formula is C24H27IrNO2+. The van der Waals surface area contributed by atoms with Gasteiger partial charge in [-0.05, 0) is 31.4 Å². The largest absolute Gasteiger partial charge is 3.00 e. The fourth-order valence-electron chi connectivity index (χ4n) is 2.83. The molecule has 1 heterocycles. The van der Waals surface area contributed by atoms with Gasteiger partial charge in [-0.15, -0.1) is 29.3 Å². The Morgan fingerprint density at radius 3 is 2.29 bits per heavy atom. The van der Waals surface area contributed by atoms with Gasteiger partial charge in [-0.25, -0.2) is 0 Å². The number of pyridine rings is 1. The van der Waals surface area contributed by atoms with E-state index in [4.69, 9.17) is 5.11 Å². The molecule has 0 saturated heterocycles. The average molecular weight is 554 g/mol. The number of aryl methyl sites for hydroxylation is 2. The van der Waals surface area contributed by atoms with E-state index in [2.05, 4.69) is 63.4 Å². The van der Waals surface area contributed by atoms with Crippen LogP contribution in [0.3, 0.4) is 0 Å². The zero-order chi connectivity index (χ0) is 19.3. The summed E-state index contributed by atoms with van der Waals surface area (Å²) in [4.78, 5) is 10.0. The van der Waals surface area contributed by atoms with Crippen molar-refractivity contribution < 1.29 is 34.6 Å². The molecule has 0 atom stereocenters. The van der Waals surface area contributed by atoms with Gasteiger partial charge in [0.2, 0.25) is 0 Å². The first-order valence-corrected chi connectivity index (χ1v) is 8.41. The van der Waals surface area contributed by atoms with Crippen molar-refractivity contribution in [3.63, 3.8) is 0 Å². The number of nitrogens with zero attached hydrogens (tertiary/aromatic N) is 1. The number of aliphatic hydroxyl groups is 1. The predicted molar refractivity (Wildman–Crippen MR) is 112 cm³/mol. The molecule has 0 unspecified atom stereocenters. The van der Waals surface area contributed by atoms with Crippen molar-refractivity contribution in [3.8, 4) is 11.3 Å². The molecule has 4 heteroatoms. The number of para-hydroxylation sites is 1. The third-order valence-electron chi connectivity index (χ3n) is 3.78. The molecule has 2 aromatic carbocycles. The SMILES string of the molecule is CC(=O)/C=C(/C)O.[CH2-][n+]1c(-c2[c-]c(C)cc(C)c2)ccc2ccccc21.[CH3-].[Ir+3]. The molecule has 1 aromatic heterocycles. The summed E-state index contributed by atoms with van der Waals surface area (Å²) in [6, 6.07) is 20.2. The van der Waals surface area contributed by atoms with E-state index in [0.717, 1.165) is 22.3 Å². The molecule has 148 valence electrons. The van der Waals surface area contributed by atoms with Crippen LogP contribution < -0.4 is 4.57 Å². The zero-order valence-corrected chi connectivity index (χ0v) is 19.4. The molecule has 1 N–H and O–H groups in total. The molecular weight excluding hydrogens is 526 g/mol. The van der Waals surface area contributed by atoms with Crippen molar-refractivity contribution in [2.45, 2.75) is 27.7 Å². The number of hydrogen-bond acceptors (Lipinski definition) is 2. The van der Waals surface area contributed by atoms with Crippen molar-refractivity contribution >= 4 is 16.7 Å². The van der Waals surface area contributed by atoms with E-state index in [1.54, 1.807) is 0 Å². The fraction of sp³-hybridized carbons (Fsp3) is 0.167. The Kier molecular flexibility index (Phi) is 10.4. The third-order valence-corrected chi connectivity index (χ3v) is 3.78. The van der Waals surface area contributed by atoms with Crippen molar-refractivity contribution in [2.75, 3.05) is 0 Å². The Morgan fingerprint density at radius 1 is 1.11 bits per heavy atom. The Labute approximate surface area is 182 Å². The predicted octanol–water partition coefficient (Wildman–Crippen LogP) is 5.34. The van der Waals surface area contributed by atoms with E-state index in [1.807, 2.05) is 16.7 Å². The zero-order valence-electron chi connectivity index (χ0n) is 17.0. The maximum absolute atomic E-state index is 10.0. The van der Waals surface area contributed by atoms with E-state index in [9.17, 15) is 4.79 Å². The molecule has 0 aliphatic heterocycles. The van der Waals surface area contributed by atoms with Gasteiger partial charge in [-0.3, -0.25) is 4.79 Å². The van der Waals surface area contributed by atoms with Crippen LogP contribution in [0.25, 0.3) is 22.2 Å². The number of rotatable bonds is 2. The minimum atomic E-state index is -0.125. The quantitative estimate of drug-likeness (QED) is 0.202. The molecule has 0 aliphatic rings. The van der Waals surface area contributed by atoms with E-state index in [1.165, 1.54) is 30.9 Å². The van der Waals surface area contributed by atoms with E-state index in [0.29, 0.717) is 0 Å². The van der Waals surface area contributed by atoms with Crippen LogP contribution in [-0.4, -0.2) is 10.9 Å². The molecule has 0 fully saturated rings. The average Bonchev–Trinajstić information content (AvgIpc) is 2.54. The number of benzene rings is 2. The minimum Gasteiger partial charge on any atom is -0.512 e.